The number of benzene rings is 2. The second-order valence-electron chi connectivity index (χ2n) is 9.09. The highest BCUT2D eigenvalue weighted by molar-refractivity contribution is 5.98. The summed E-state index contributed by atoms with van der Waals surface area (Å²) in [4.78, 5) is 26.9. The Labute approximate surface area is 192 Å². The summed E-state index contributed by atoms with van der Waals surface area (Å²) in [5, 5.41) is 11.8. The van der Waals surface area contributed by atoms with E-state index in [0.29, 0.717) is 42.9 Å². The molecular formula is C26H28N2O5. The number of esters is 1. The van der Waals surface area contributed by atoms with Crippen LogP contribution in [0.25, 0.3) is 10.9 Å². The lowest BCUT2D eigenvalue weighted by Gasteiger charge is -2.35. The van der Waals surface area contributed by atoms with Crippen molar-refractivity contribution in [1.29, 1.82) is 0 Å². The molecule has 1 aromatic heterocycles. The Morgan fingerprint density at radius 1 is 1.00 bits per heavy atom. The van der Waals surface area contributed by atoms with Crippen LogP contribution in [0, 0.1) is 11.8 Å². The van der Waals surface area contributed by atoms with Crippen molar-refractivity contribution in [3.63, 3.8) is 0 Å². The highest BCUT2D eigenvalue weighted by atomic mass is 16.5. The van der Waals surface area contributed by atoms with Crippen LogP contribution >= 0.6 is 0 Å². The van der Waals surface area contributed by atoms with Gasteiger partial charge in [0.25, 0.3) is 5.91 Å². The molecule has 2 heterocycles. The lowest BCUT2D eigenvalue weighted by atomic mass is 9.78. The molecule has 172 valence electrons. The van der Waals surface area contributed by atoms with Gasteiger partial charge in [0, 0.05) is 31.0 Å². The quantitative estimate of drug-likeness (QED) is 0.620. The highest BCUT2D eigenvalue weighted by Crippen LogP contribution is 2.38. The maximum absolute atomic E-state index is 13.3. The SMILES string of the molecule is COC(=O)c1ccc(O[C@@H]2C[C@@H]3CN(C(=O)c4cc5ccccc5n4C)C[C@@H]3C[C@H]2O)cc1. The number of aliphatic hydroxyl groups is 1. The summed E-state index contributed by atoms with van der Waals surface area (Å²) in [6.45, 7) is 1.32. The van der Waals surface area contributed by atoms with Gasteiger partial charge in [-0.25, -0.2) is 4.79 Å². The molecular weight excluding hydrogens is 420 g/mol. The number of rotatable bonds is 4. The Kier molecular flexibility index (Phi) is 5.58. The van der Waals surface area contributed by atoms with Crippen LogP contribution in [0.5, 0.6) is 5.75 Å². The second-order valence-corrected chi connectivity index (χ2v) is 9.09. The number of amides is 1. The number of carbonyl (C=O) groups is 2. The molecule has 2 fully saturated rings. The fraction of sp³-hybridized carbons (Fsp3) is 0.385. The number of aliphatic hydroxyl groups excluding tert-OH is 1. The molecule has 1 saturated heterocycles. The van der Waals surface area contributed by atoms with E-state index in [2.05, 4.69) is 0 Å². The minimum Gasteiger partial charge on any atom is -0.488 e. The summed E-state index contributed by atoms with van der Waals surface area (Å²) >= 11 is 0. The fourth-order valence-corrected chi connectivity index (χ4v) is 5.30. The van der Waals surface area contributed by atoms with Crippen molar-refractivity contribution in [2.24, 2.45) is 18.9 Å². The molecule has 2 aliphatic rings. The molecule has 2 aromatic carbocycles. The van der Waals surface area contributed by atoms with Crippen molar-refractivity contribution in [3.05, 3.63) is 65.9 Å². The molecule has 1 aliphatic heterocycles. The fourth-order valence-electron chi connectivity index (χ4n) is 5.30. The Morgan fingerprint density at radius 2 is 1.70 bits per heavy atom. The number of para-hydroxylation sites is 1. The molecule has 7 heteroatoms. The third kappa shape index (κ3) is 3.97. The van der Waals surface area contributed by atoms with Crippen LogP contribution < -0.4 is 4.74 Å². The second kappa shape index (κ2) is 8.56. The van der Waals surface area contributed by atoms with Gasteiger partial charge in [0.2, 0.25) is 0 Å². The van der Waals surface area contributed by atoms with E-state index in [1.165, 1.54) is 7.11 Å². The number of hydrogen-bond acceptors (Lipinski definition) is 5. The first kappa shape index (κ1) is 21.5. The number of aryl methyl sites for hydroxylation is 1. The third-order valence-corrected chi connectivity index (χ3v) is 7.11. The van der Waals surface area contributed by atoms with Crippen molar-refractivity contribution < 1.29 is 24.2 Å². The predicted octanol–water partition coefficient (Wildman–Crippen LogP) is 3.26. The van der Waals surface area contributed by atoms with Crippen LogP contribution in [0.2, 0.25) is 0 Å². The monoisotopic (exact) mass is 448 g/mol. The van der Waals surface area contributed by atoms with Gasteiger partial charge in [-0.15, -0.1) is 0 Å². The maximum Gasteiger partial charge on any atom is 0.337 e. The van der Waals surface area contributed by atoms with Gasteiger partial charge in [-0.05, 0) is 61.1 Å². The molecule has 0 unspecified atom stereocenters. The molecule has 0 spiro atoms. The lowest BCUT2D eigenvalue weighted by Crippen LogP contribution is -2.42. The number of carbonyl (C=O) groups excluding carboxylic acids is 2. The predicted molar refractivity (Wildman–Crippen MR) is 123 cm³/mol. The normalized spacial score (nSPS) is 24.5. The lowest BCUT2D eigenvalue weighted by molar-refractivity contribution is -0.0231. The number of aromatic nitrogens is 1. The van der Waals surface area contributed by atoms with Crippen LogP contribution in [0.15, 0.2) is 54.6 Å². The standard InChI is InChI=1S/C26H28N2O5/c1-27-21-6-4-3-5-17(21)11-22(27)25(30)28-14-18-12-23(29)24(13-19(18)15-28)33-20-9-7-16(8-10-20)26(31)32-2/h3-11,18-19,23-24,29H,12-15H2,1-2H3/t18-,19+,23+,24+/m0/s1. The first-order chi connectivity index (χ1) is 15.9. The molecule has 4 atom stereocenters. The van der Waals surface area contributed by atoms with Gasteiger partial charge in [-0.3, -0.25) is 4.79 Å². The van der Waals surface area contributed by atoms with Crippen LogP contribution in [0.1, 0.15) is 33.7 Å². The minimum absolute atomic E-state index is 0.0356. The summed E-state index contributed by atoms with van der Waals surface area (Å²) in [7, 11) is 3.27. The Hall–Kier alpha value is -3.32. The molecule has 1 aliphatic carbocycles. The van der Waals surface area contributed by atoms with Gasteiger partial charge < -0.3 is 24.0 Å². The van der Waals surface area contributed by atoms with E-state index in [1.807, 2.05) is 46.8 Å². The summed E-state index contributed by atoms with van der Waals surface area (Å²) < 4.78 is 12.8. The first-order valence-electron chi connectivity index (χ1n) is 11.3. The van der Waals surface area contributed by atoms with E-state index >= 15 is 0 Å². The third-order valence-electron chi connectivity index (χ3n) is 7.11. The van der Waals surface area contributed by atoms with Crippen LogP contribution in [-0.4, -0.2) is 58.9 Å². The maximum atomic E-state index is 13.3. The molecule has 3 aromatic rings. The first-order valence-corrected chi connectivity index (χ1v) is 11.3. The largest absolute Gasteiger partial charge is 0.488 e. The topological polar surface area (TPSA) is 81.0 Å². The number of likely N-dealkylation sites (tertiary alicyclic amines) is 1. The van der Waals surface area contributed by atoms with Gasteiger partial charge in [-0.2, -0.15) is 0 Å². The Morgan fingerprint density at radius 3 is 2.39 bits per heavy atom. The molecule has 5 rings (SSSR count). The van der Waals surface area contributed by atoms with E-state index in [1.54, 1.807) is 24.3 Å². The average molecular weight is 449 g/mol. The van der Waals surface area contributed by atoms with Crippen molar-refractivity contribution in [1.82, 2.24) is 9.47 Å². The zero-order valence-electron chi connectivity index (χ0n) is 18.8. The van der Waals surface area contributed by atoms with Crippen molar-refractivity contribution in [2.75, 3.05) is 20.2 Å². The molecule has 7 nitrogen and oxygen atoms in total. The molecule has 33 heavy (non-hydrogen) atoms. The summed E-state index contributed by atoms with van der Waals surface area (Å²) in [5.41, 5.74) is 2.18. The molecule has 0 radical (unpaired) electrons. The van der Waals surface area contributed by atoms with Crippen molar-refractivity contribution >= 4 is 22.8 Å². The van der Waals surface area contributed by atoms with E-state index in [0.717, 1.165) is 10.9 Å². The number of hydrogen-bond donors (Lipinski definition) is 1. The number of ether oxygens (including phenoxy) is 2. The number of fused-ring (bicyclic) bond motifs is 2. The smallest absolute Gasteiger partial charge is 0.337 e. The van der Waals surface area contributed by atoms with Crippen LogP contribution in [0.4, 0.5) is 0 Å². The van der Waals surface area contributed by atoms with E-state index in [9.17, 15) is 14.7 Å². The van der Waals surface area contributed by atoms with Crippen LogP contribution in [-0.2, 0) is 11.8 Å². The zero-order valence-corrected chi connectivity index (χ0v) is 18.8. The van der Waals surface area contributed by atoms with Gasteiger partial charge in [-0.1, -0.05) is 18.2 Å². The Balaban J connectivity index is 1.26. The summed E-state index contributed by atoms with van der Waals surface area (Å²) in [5.74, 6) is 0.788. The molecule has 0 bridgehead atoms. The number of nitrogens with zero attached hydrogens (tertiary/aromatic N) is 2. The molecule has 1 saturated carbocycles. The molecule has 1 amide bonds. The van der Waals surface area contributed by atoms with Gasteiger partial charge in [0.05, 0.1) is 18.8 Å². The van der Waals surface area contributed by atoms with Crippen molar-refractivity contribution in [2.45, 2.75) is 25.0 Å². The Bertz CT molecular complexity index is 1190. The highest BCUT2D eigenvalue weighted by Gasteiger charge is 2.44. The van der Waals surface area contributed by atoms with Gasteiger partial charge in [0.1, 0.15) is 17.5 Å². The summed E-state index contributed by atoms with van der Waals surface area (Å²) in [6, 6.07) is 16.7. The minimum atomic E-state index is -0.598. The summed E-state index contributed by atoms with van der Waals surface area (Å²) in [6.07, 6.45) is 0.347. The number of methoxy groups -OCH3 is 1. The van der Waals surface area contributed by atoms with E-state index < -0.39 is 12.1 Å². The van der Waals surface area contributed by atoms with Gasteiger partial charge >= 0.3 is 5.97 Å². The average Bonchev–Trinajstić information content (AvgIpc) is 3.39. The van der Waals surface area contributed by atoms with Crippen LogP contribution in [0.3, 0.4) is 0 Å². The van der Waals surface area contributed by atoms with Crippen molar-refractivity contribution in [3.8, 4) is 5.75 Å². The zero-order chi connectivity index (χ0) is 23.1. The molecule has 1 N–H and O–H groups in total. The van der Waals surface area contributed by atoms with E-state index in [4.69, 9.17) is 9.47 Å². The van der Waals surface area contributed by atoms with Gasteiger partial charge in [0.15, 0.2) is 0 Å². The van der Waals surface area contributed by atoms with E-state index in [-0.39, 0.29) is 23.8 Å².